The molecule has 0 unspecified atom stereocenters. The highest BCUT2D eigenvalue weighted by molar-refractivity contribution is 6.59. The Morgan fingerprint density at radius 3 is 2.67 bits per heavy atom. The summed E-state index contributed by atoms with van der Waals surface area (Å²) in [6, 6.07) is 3.58. The number of pyridine rings is 2. The SMILES string of the molecule is O=C(O)c1cc(B(O)O)c2c(n1)CN(Cc1ccnc(C(F)(F)F)c1)CC2. The van der Waals surface area contributed by atoms with E-state index in [4.69, 9.17) is 5.11 Å². The fourth-order valence-electron chi connectivity index (χ4n) is 3.09. The zero-order valence-corrected chi connectivity index (χ0v) is 13.9. The molecule has 0 saturated heterocycles. The summed E-state index contributed by atoms with van der Waals surface area (Å²) >= 11 is 0. The summed E-state index contributed by atoms with van der Waals surface area (Å²) in [5.41, 5.74) is 0.126. The lowest BCUT2D eigenvalue weighted by Crippen LogP contribution is -2.41. The number of aromatic nitrogens is 2. The number of halogens is 3. The van der Waals surface area contributed by atoms with Gasteiger partial charge in [0.05, 0.1) is 5.69 Å². The van der Waals surface area contributed by atoms with E-state index in [-0.39, 0.29) is 24.2 Å². The maximum atomic E-state index is 12.8. The van der Waals surface area contributed by atoms with Crippen molar-refractivity contribution in [2.75, 3.05) is 6.54 Å². The topological polar surface area (TPSA) is 107 Å². The van der Waals surface area contributed by atoms with Gasteiger partial charge in [0.1, 0.15) is 11.4 Å². The predicted molar refractivity (Wildman–Crippen MR) is 88.1 cm³/mol. The van der Waals surface area contributed by atoms with Crippen LogP contribution in [0.25, 0.3) is 0 Å². The molecule has 2 aromatic rings. The van der Waals surface area contributed by atoms with Crippen LogP contribution in [0.3, 0.4) is 0 Å². The molecule has 0 bridgehead atoms. The molecule has 3 rings (SSSR count). The van der Waals surface area contributed by atoms with Crippen LogP contribution in [0, 0.1) is 0 Å². The van der Waals surface area contributed by atoms with Crippen molar-refractivity contribution in [2.24, 2.45) is 0 Å². The van der Waals surface area contributed by atoms with Crippen LogP contribution < -0.4 is 5.46 Å². The Bertz CT molecular complexity index is 876. The van der Waals surface area contributed by atoms with Crippen LogP contribution in [0.5, 0.6) is 0 Å². The average Bonchev–Trinajstić information content (AvgIpc) is 2.59. The lowest BCUT2D eigenvalue weighted by molar-refractivity contribution is -0.141. The smallest absolute Gasteiger partial charge is 0.477 e. The Kier molecular flexibility index (Phi) is 5.18. The number of hydrogen-bond acceptors (Lipinski definition) is 6. The van der Waals surface area contributed by atoms with Crippen molar-refractivity contribution < 1.29 is 33.1 Å². The van der Waals surface area contributed by atoms with Gasteiger partial charge in [0.2, 0.25) is 0 Å². The van der Waals surface area contributed by atoms with E-state index in [1.54, 1.807) is 0 Å². The van der Waals surface area contributed by atoms with E-state index in [1.807, 2.05) is 4.90 Å². The predicted octanol–water partition coefficient (Wildman–Crippen LogP) is 0.432. The standard InChI is InChI=1S/C16H15BF3N3O4/c18-16(19,20)14-5-9(1-3-21-14)7-23-4-2-10-11(17(26)27)6-12(15(24)25)22-13(10)8-23/h1,3,5-6,26-27H,2,4,7-8H2,(H,24,25). The molecule has 0 aliphatic carbocycles. The van der Waals surface area contributed by atoms with E-state index in [1.165, 1.54) is 6.07 Å². The molecule has 142 valence electrons. The molecular formula is C16H15BF3N3O4. The Labute approximate surface area is 152 Å². The number of carbonyl (C=O) groups is 1. The number of carboxylic acids is 1. The van der Waals surface area contributed by atoms with Gasteiger partial charge in [0.15, 0.2) is 0 Å². The summed E-state index contributed by atoms with van der Waals surface area (Å²) in [5.74, 6) is -1.30. The van der Waals surface area contributed by atoms with Crippen LogP contribution in [-0.2, 0) is 25.7 Å². The molecule has 0 fully saturated rings. The molecular weight excluding hydrogens is 366 g/mol. The van der Waals surface area contributed by atoms with Crippen molar-refractivity contribution in [3.05, 3.63) is 52.6 Å². The van der Waals surface area contributed by atoms with E-state index in [0.29, 0.717) is 29.8 Å². The fraction of sp³-hybridized carbons (Fsp3) is 0.312. The first-order valence-electron chi connectivity index (χ1n) is 8.01. The summed E-state index contributed by atoms with van der Waals surface area (Å²) in [5, 5.41) is 28.2. The Morgan fingerprint density at radius 2 is 2.04 bits per heavy atom. The second-order valence-corrected chi connectivity index (χ2v) is 6.21. The summed E-state index contributed by atoms with van der Waals surface area (Å²) in [6.45, 7) is 0.825. The molecule has 27 heavy (non-hydrogen) atoms. The second-order valence-electron chi connectivity index (χ2n) is 6.21. The molecule has 3 heterocycles. The summed E-state index contributed by atoms with van der Waals surface area (Å²) in [7, 11) is -1.83. The first kappa shape index (κ1) is 19.3. The highest BCUT2D eigenvalue weighted by Crippen LogP contribution is 2.28. The molecule has 0 amide bonds. The zero-order valence-electron chi connectivity index (χ0n) is 13.9. The van der Waals surface area contributed by atoms with Gasteiger partial charge in [0, 0.05) is 25.8 Å². The number of carboxylic acid groups (broad SMARTS) is 1. The molecule has 0 aromatic carbocycles. The van der Waals surface area contributed by atoms with E-state index in [0.717, 1.165) is 18.3 Å². The number of alkyl halides is 3. The molecule has 1 aliphatic heterocycles. The highest BCUT2D eigenvalue weighted by atomic mass is 19.4. The Morgan fingerprint density at radius 1 is 1.30 bits per heavy atom. The van der Waals surface area contributed by atoms with Gasteiger partial charge in [-0.3, -0.25) is 9.88 Å². The highest BCUT2D eigenvalue weighted by Gasteiger charge is 2.33. The van der Waals surface area contributed by atoms with Crippen LogP contribution in [0.2, 0.25) is 0 Å². The first-order valence-corrected chi connectivity index (χ1v) is 8.01. The van der Waals surface area contributed by atoms with Crippen LogP contribution in [-0.4, -0.2) is 49.7 Å². The minimum absolute atomic E-state index is 0.0836. The van der Waals surface area contributed by atoms with Gasteiger partial charge in [0.25, 0.3) is 0 Å². The Hall–Kier alpha value is -2.50. The van der Waals surface area contributed by atoms with Gasteiger partial charge >= 0.3 is 19.3 Å². The van der Waals surface area contributed by atoms with Crippen molar-refractivity contribution in [3.8, 4) is 0 Å². The van der Waals surface area contributed by atoms with Crippen LogP contribution in [0.1, 0.15) is 33.0 Å². The molecule has 7 nitrogen and oxygen atoms in total. The van der Waals surface area contributed by atoms with Crippen molar-refractivity contribution in [2.45, 2.75) is 25.7 Å². The van der Waals surface area contributed by atoms with E-state index >= 15 is 0 Å². The molecule has 0 saturated carbocycles. The minimum Gasteiger partial charge on any atom is -0.477 e. The number of fused-ring (bicyclic) bond motifs is 1. The van der Waals surface area contributed by atoms with E-state index in [2.05, 4.69) is 9.97 Å². The third kappa shape index (κ3) is 4.26. The molecule has 1 aliphatic rings. The van der Waals surface area contributed by atoms with E-state index < -0.39 is 25.0 Å². The van der Waals surface area contributed by atoms with E-state index in [9.17, 15) is 28.0 Å². The van der Waals surface area contributed by atoms with Gasteiger partial charge in [-0.15, -0.1) is 0 Å². The zero-order chi connectivity index (χ0) is 19.8. The Balaban J connectivity index is 1.85. The average molecular weight is 381 g/mol. The molecule has 0 atom stereocenters. The lowest BCUT2D eigenvalue weighted by Gasteiger charge is -2.29. The maximum absolute atomic E-state index is 12.8. The van der Waals surface area contributed by atoms with Crippen LogP contribution in [0.4, 0.5) is 13.2 Å². The van der Waals surface area contributed by atoms with Gasteiger partial charge in [-0.25, -0.2) is 9.78 Å². The summed E-state index contributed by atoms with van der Waals surface area (Å²) < 4.78 is 38.4. The van der Waals surface area contributed by atoms with Crippen molar-refractivity contribution in [1.29, 1.82) is 0 Å². The number of nitrogens with zero attached hydrogens (tertiary/aromatic N) is 3. The van der Waals surface area contributed by atoms with Gasteiger partial charge in [-0.1, -0.05) is 0 Å². The number of rotatable bonds is 4. The third-order valence-electron chi connectivity index (χ3n) is 4.31. The second kappa shape index (κ2) is 7.26. The monoisotopic (exact) mass is 381 g/mol. The summed E-state index contributed by atoms with van der Waals surface area (Å²) in [6.07, 6.45) is -3.07. The minimum atomic E-state index is -4.53. The third-order valence-corrected chi connectivity index (χ3v) is 4.31. The molecule has 2 aromatic heterocycles. The molecule has 0 radical (unpaired) electrons. The maximum Gasteiger partial charge on any atom is 0.488 e. The van der Waals surface area contributed by atoms with Crippen LogP contribution in [0.15, 0.2) is 24.4 Å². The number of aromatic carboxylic acids is 1. The van der Waals surface area contributed by atoms with Gasteiger partial charge < -0.3 is 15.2 Å². The largest absolute Gasteiger partial charge is 0.488 e. The van der Waals surface area contributed by atoms with Crippen molar-refractivity contribution in [3.63, 3.8) is 0 Å². The van der Waals surface area contributed by atoms with Gasteiger partial charge in [-0.05, 0) is 41.2 Å². The quantitative estimate of drug-likeness (QED) is 0.660. The summed E-state index contributed by atoms with van der Waals surface area (Å²) in [4.78, 5) is 20.4. The van der Waals surface area contributed by atoms with Crippen LogP contribution >= 0.6 is 0 Å². The normalized spacial score (nSPS) is 14.7. The van der Waals surface area contributed by atoms with Gasteiger partial charge in [-0.2, -0.15) is 13.2 Å². The molecule has 3 N–H and O–H groups in total. The first-order chi connectivity index (χ1) is 12.6. The molecule has 0 spiro atoms. The molecule has 11 heteroatoms. The fourth-order valence-corrected chi connectivity index (χ4v) is 3.09. The number of hydrogen-bond donors (Lipinski definition) is 3. The van der Waals surface area contributed by atoms with Crippen molar-refractivity contribution >= 4 is 18.6 Å². The lowest BCUT2D eigenvalue weighted by atomic mass is 9.75. The van der Waals surface area contributed by atoms with Crippen molar-refractivity contribution in [1.82, 2.24) is 14.9 Å².